The smallest absolute Gasteiger partial charge is 0.235 e. The van der Waals surface area contributed by atoms with Crippen molar-refractivity contribution in [3.63, 3.8) is 0 Å². The quantitative estimate of drug-likeness (QED) is 0.263. The molecule has 0 aliphatic heterocycles. The van der Waals surface area contributed by atoms with Gasteiger partial charge in [-0.25, -0.2) is 9.97 Å². The average molecular weight is 440 g/mol. The first-order valence-corrected chi connectivity index (χ1v) is 12.0. The Labute approximate surface area is 193 Å². The van der Waals surface area contributed by atoms with E-state index in [1.807, 2.05) is 11.3 Å². The molecule has 0 spiro atoms. The highest BCUT2D eigenvalue weighted by atomic mass is 32.1. The number of thiophene rings is 1. The second-order valence-corrected chi connectivity index (χ2v) is 9.67. The van der Waals surface area contributed by atoms with Crippen LogP contribution in [0.3, 0.4) is 0 Å². The van der Waals surface area contributed by atoms with Gasteiger partial charge in [-0.05, 0) is 42.3 Å². The standard InChI is InChI=1S/C29H17N3S/c1-3-13-23-20(10-1)27-24(16-15-19-18-9-2-4-14-25(18)33-28(19)27)32(23)29-30-21-11-5-7-17-8-6-12-22(31-29)26(17)21/h1-7,9-16H,8H2. The van der Waals surface area contributed by atoms with Gasteiger partial charge in [-0.3, -0.25) is 4.57 Å². The number of hydrogen-bond acceptors (Lipinski definition) is 3. The number of allylic oxidation sites excluding steroid dienone is 1. The fourth-order valence-electron chi connectivity index (χ4n) is 5.41. The topological polar surface area (TPSA) is 30.7 Å². The molecule has 4 aromatic carbocycles. The first kappa shape index (κ1) is 17.5. The van der Waals surface area contributed by atoms with Crippen molar-refractivity contribution in [2.75, 3.05) is 0 Å². The van der Waals surface area contributed by atoms with Crippen molar-refractivity contribution in [2.45, 2.75) is 6.42 Å². The monoisotopic (exact) mass is 439 g/mol. The largest absolute Gasteiger partial charge is 0.278 e. The number of aromatic nitrogens is 3. The average Bonchev–Trinajstić information content (AvgIpc) is 3.40. The minimum absolute atomic E-state index is 0.730. The number of nitrogens with zero attached hydrogens (tertiary/aromatic N) is 3. The number of para-hydroxylation sites is 1. The molecule has 154 valence electrons. The van der Waals surface area contributed by atoms with E-state index in [4.69, 9.17) is 9.97 Å². The molecule has 0 radical (unpaired) electrons. The summed E-state index contributed by atoms with van der Waals surface area (Å²) in [4.78, 5) is 10.1. The molecular weight excluding hydrogens is 422 g/mol. The fraction of sp³-hybridized carbons (Fsp3) is 0.0345. The molecular formula is C29H17N3S. The van der Waals surface area contributed by atoms with Crippen molar-refractivity contribution in [3.8, 4) is 5.95 Å². The summed E-state index contributed by atoms with van der Waals surface area (Å²) in [5.74, 6) is 0.730. The lowest BCUT2D eigenvalue weighted by atomic mass is 9.99. The zero-order valence-electron chi connectivity index (χ0n) is 17.6. The molecule has 4 heteroatoms. The van der Waals surface area contributed by atoms with Crippen molar-refractivity contribution in [3.05, 3.63) is 96.2 Å². The lowest BCUT2D eigenvalue weighted by molar-refractivity contribution is 1.00. The molecule has 0 fully saturated rings. The second-order valence-electron chi connectivity index (χ2n) is 8.61. The van der Waals surface area contributed by atoms with Crippen molar-refractivity contribution >= 4 is 70.3 Å². The Morgan fingerprint density at radius 2 is 1.58 bits per heavy atom. The SMILES string of the molecule is C1=Cc2nc(-n3c4ccccc4c4c5sc6ccccc6c5ccc43)nc3cccc(c23)C1. The van der Waals surface area contributed by atoms with E-state index in [0.717, 1.165) is 34.6 Å². The summed E-state index contributed by atoms with van der Waals surface area (Å²) < 4.78 is 4.88. The predicted octanol–water partition coefficient (Wildman–Crippen LogP) is 7.66. The van der Waals surface area contributed by atoms with Gasteiger partial charge < -0.3 is 0 Å². The Morgan fingerprint density at radius 1 is 0.697 bits per heavy atom. The van der Waals surface area contributed by atoms with Gasteiger partial charge in [-0.1, -0.05) is 60.7 Å². The summed E-state index contributed by atoms with van der Waals surface area (Å²) in [5, 5.41) is 6.34. The van der Waals surface area contributed by atoms with Gasteiger partial charge in [0, 0.05) is 36.3 Å². The van der Waals surface area contributed by atoms with Crippen molar-refractivity contribution in [2.24, 2.45) is 0 Å². The molecule has 0 amide bonds. The van der Waals surface area contributed by atoms with Crippen LogP contribution >= 0.6 is 11.3 Å². The summed E-state index contributed by atoms with van der Waals surface area (Å²) >= 11 is 1.87. The highest BCUT2D eigenvalue weighted by Gasteiger charge is 2.20. The molecule has 1 aliphatic carbocycles. The van der Waals surface area contributed by atoms with Gasteiger partial charge in [0.2, 0.25) is 5.95 Å². The van der Waals surface area contributed by atoms with E-state index in [1.54, 1.807) is 0 Å². The van der Waals surface area contributed by atoms with Crippen LogP contribution in [-0.2, 0) is 6.42 Å². The fourth-order valence-corrected chi connectivity index (χ4v) is 6.67. The van der Waals surface area contributed by atoms with E-state index in [9.17, 15) is 0 Å². The maximum atomic E-state index is 5.07. The van der Waals surface area contributed by atoms with Crippen LogP contribution in [0, 0.1) is 0 Å². The second kappa shape index (κ2) is 6.27. The van der Waals surface area contributed by atoms with E-state index in [2.05, 4.69) is 95.6 Å². The molecule has 0 saturated carbocycles. The molecule has 3 aromatic heterocycles. The zero-order chi connectivity index (χ0) is 21.5. The van der Waals surface area contributed by atoms with Crippen molar-refractivity contribution < 1.29 is 0 Å². The third-order valence-corrected chi connectivity index (χ3v) is 8.02. The summed E-state index contributed by atoms with van der Waals surface area (Å²) in [6.07, 6.45) is 5.27. The first-order valence-electron chi connectivity index (χ1n) is 11.2. The molecule has 33 heavy (non-hydrogen) atoms. The van der Waals surface area contributed by atoms with E-state index in [0.29, 0.717) is 0 Å². The number of rotatable bonds is 1. The highest BCUT2D eigenvalue weighted by Crippen LogP contribution is 2.43. The number of fused-ring (bicyclic) bond motifs is 7. The summed E-state index contributed by atoms with van der Waals surface area (Å²) in [7, 11) is 0. The molecule has 3 nitrogen and oxygen atoms in total. The summed E-state index contributed by atoms with van der Waals surface area (Å²) in [6.45, 7) is 0. The van der Waals surface area contributed by atoms with Gasteiger partial charge in [0.1, 0.15) is 0 Å². The Bertz CT molecular complexity index is 1960. The van der Waals surface area contributed by atoms with Gasteiger partial charge in [-0.2, -0.15) is 0 Å². The van der Waals surface area contributed by atoms with Gasteiger partial charge in [0.25, 0.3) is 0 Å². The van der Waals surface area contributed by atoms with Crippen LogP contribution in [0.5, 0.6) is 0 Å². The third-order valence-electron chi connectivity index (χ3n) is 6.82. The van der Waals surface area contributed by atoms with Crippen LogP contribution in [0.4, 0.5) is 0 Å². The zero-order valence-corrected chi connectivity index (χ0v) is 18.4. The Morgan fingerprint density at radius 3 is 2.55 bits per heavy atom. The lowest BCUT2D eigenvalue weighted by Gasteiger charge is -2.14. The van der Waals surface area contributed by atoms with Crippen molar-refractivity contribution in [1.29, 1.82) is 0 Å². The van der Waals surface area contributed by atoms with Gasteiger partial charge >= 0.3 is 0 Å². The van der Waals surface area contributed by atoms with Crippen LogP contribution in [0.15, 0.2) is 84.9 Å². The summed E-state index contributed by atoms with van der Waals surface area (Å²) in [6, 6.07) is 28.2. The Hall–Kier alpha value is -4.02. The molecule has 0 saturated heterocycles. The highest BCUT2D eigenvalue weighted by molar-refractivity contribution is 7.26. The molecule has 0 unspecified atom stereocenters. The molecule has 8 rings (SSSR count). The van der Waals surface area contributed by atoms with E-state index < -0.39 is 0 Å². The molecule has 0 atom stereocenters. The van der Waals surface area contributed by atoms with Crippen LogP contribution in [0.1, 0.15) is 11.3 Å². The van der Waals surface area contributed by atoms with Gasteiger partial charge in [-0.15, -0.1) is 11.3 Å². The normalized spacial score (nSPS) is 13.2. The van der Waals surface area contributed by atoms with Gasteiger partial charge in [0.15, 0.2) is 0 Å². The van der Waals surface area contributed by atoms with Crippen molar-refractivity contribution in [1.82, 2.24) is 14.5 Å². The molecule has 0 N–H and O–H groups in total. The number of hydrogen-bond donors (Lipinski definition) is 0. The van der Waals surface area contributed by atoms with E-state index in [-0.39, 0.29) is 0 Å². The number of benzene rings is 4. The van der Waals surface area contributed by atoms with Crippen LogP contribution < -0.4 is 0 Å². The third kappa shape index (κ3) is 2.28. The lowest BCUT2D eigenvalue weighted by Crippen LogP contribution is -2.05. The summed E-state index contributed by atoms with van der Waals surface area (Å²) in [5.41, 5.74) is 5.60. The van der Waals surface area contributed by atoms with E-state index in [1.165, 1.54) is 41.9 Å². The molecule has 7 aromatic rings. The predicted molar refractivity (Wildman–Crippen MR) is 140 cm³/mol. The maximum Gasteiger partial charge on any atom is 0.235 e. The van der Waals surface area contributed by atoms with Crippen LogP contribution in [0.25, 0.3) is 64.9 Å². The first-order chi connectivity index (χ1) is 16.4. The van der Waals surface area contributed by atoms with Gasteiger partial charge in [0.05, 0.1) is 22.2 Å². The Kier molecular flexibility index (Phi) is 3.33. The van der Waals surface area contributed by atoms with Crippen LogP contribution in [0.2, 0.25) is 0 Å². The molecule has 1 aliphatic rings. The minimum atomic E-state index is 0.730. The van der Waals surface area contributed by atoms with E-state index >= 15 is 0 Å². The minimum Gasteiger partial charge on any atom is -0.278 e. The molecule has 3 heterocycles. The van der Waals surface area contributed by atoms with Crippen LogP contribution in [-0.4, -0.2) is 14.5 Å². The maximum absolute atomic E-state index is 5.07. The Balaban J connectivity index is 1.55. The molecule has 0 bridgehead atoms.